The topological polar surface area (TPSA) is 38.7 Å². The molecule has 0 unspecified atom stereocenters. The molecule has 1 saturated heterocycles. The highest BCUT2D eigenvalue weighted by atomic mass is 16.7. The van der Waals surface area contributed by atoms with Crippen molar-refractivity contribution in [3.8, 4) is 0 Å². The van der Waals surface area contributed by atoms with E-state index in [1.54, 1.807) is 0 Å². The molecule has 2 fully saturated rings. The molecule has 0 radical (unpaired) electrons. The van der Waals surface area contributed by atoms with Crippen molar-refractivity contribution in [1.29, 1.82) is 0 Å². The summed E-state index contributed by atoms with van der Waals surface area (Å²) in [7, 11) is 0. The van der Waals surface area contributed by atoms with Crippen LogP contribution < -0.4 is 0 Å². The van der Waals surface area contributed by atoms with Gasteiger partial charge < -0.3 is 14.6 Å². The van der Waals surface area contributed by atoms with Gasteiger partial charge in [0.15, 0.2) is 5.79 Å². The first-order valence-corrected chi connectivity index (χ1v) is 6.79. The highest BCUT2D eigenvalue weighted by Crippen LogP contribution is 2.42. The van der Waals surface area contributed by atoms with E-state index in [4.69, 9.17) is 9.47 Å². The van der Waals surface area contributed by atoms with Crippen molar-refractivity contribution in [2.24, 2.45) is 0 Å². The fourth-order valence-corrected chi connectivity index (χ4v) is 3.12. The van der Waals surface area contributed by atoms with Gasteiger partial charge in [0.25, 0.3) is 0 Å². The predicted octanol–water partition coefficient (Wildman–Crippen LogP) is 2.58. The summed E-state index contributed by atoms with van der Waals surface area (Å²) in [6.07, 6.45) is 4.19. The summed E-state index contributed by atoms with van der Waals surface area (Å²) in [5.74, 6) is 0.306. The number of aliphatic hydroxyl groups is 1. The van der Waals surface area contributed by atoms with Crippen LogP contribution in [0.25, 0.3) is 0 Å². The van der Waals surface area contributed by atoms with Gasteiger partial charge in [0.05, 0.1) is 19.8 Å². The number of ether oxygens (including phenoxy) is 2. The van der Waals surface area contributed by atoms with Crippen LogP contribution in [0.2, 0.25) is 0 Å². The zero-order valence-corrected chi connectivity index (χ0v) is 10.6. The van der Waals surface area contributed by atoms with Gasteiger partial charge in [0, 0.05) is 12.8 Å². The molecule has 3 nitrogen and oxygen atoms in total. The van der Waals surface area contributed by atoms with Gasteiger partial charge >= 0.3 is 0 Å². The van der Waals surface area contributed by atoms with E-state index in [1.807, 2.05) is 12.1 Å². The molecule has 1 heterocycles. The van der Waals surface area contributed by atoms with Gasteiger partial charge in [0.1, 0.15) is 0 Å². The van der Waals surface area contributed by atoms with Crippen LogP contribution in [-0.2, 0) is 16.1 Å². The molecule has 1 spiro atoms. The second-order valence-electron chi connectivity index (χ2n) is 5.29. The van der Waals surface area contributed by atoms with Crippen LogP contribution in [0.4, 0.5) is 0 Å². The molecular weight excluding hydrogens is 228 g/mol. The SMILES string of the molecule is OCc1cccc(C2CCC3(CC2)OCCO3)c1. The predicted molar refractivity (Wildman–Crippen MR) is 68.2 cm³/mol. The molecule has 2 aliphatic rings. The van der Waals surface area contributed by atoms with Gasteiger partial charge in [-0.2, -0.15) is 0 Å². The van der Waals surface area contributed by atoms with E-state index in [2.05, 4.69) is 12.1 Å². The van der Waals surface area contributed by atoms with E-state index in [0.717, 1.165) is 44.5 Å². The maximum absolute atomic E-state index is 9.19. The largest absolute Gasteiger partial charge is 0.392 e. The maximum atomic E-state index is 9.19. The molecular formula is C15H20O3. The van der Waals surface area contributed by atoms with Crippen molar-refractivity contribution in [2.45, 2.75) is 44.0 Å². The highest BCUT2D eigenvalue weighted by molar-refractivity contribution is 5.26. The van der Waals surface area contributed by atoms with E-state index in [1.165, 1.54) is 5.56 Å². The van der Waals surface area contributed by atoms with Crippen LogP contribution in [0.1, 0.15) is 42.7 Å². The molecule has 0 atom stereocenters. The zero-order chi connectivity index (χ0) is 12.4. The van der Waals surface area contributed by atoms with Gasteiger partial charge in [-0.1, -0.05) is 24.3 Å². The van der Waals surface area contributed by atoms with Crippen LogP contribution in [0, 0.1) is 0 Å². The number of hydrogen-bond acceptors (Lipinski definition) is 3. The van der Waals surface area contributed by atoms with Gasteiger partial charge in [-0.15, -0.1) is 0 Å². The van der Waals surface area contributed by atoms with E-state index in [-0.39, 0.29) is 12.4 Å². The average molecular weight is 248 g/mol. The molecule has 1 aliphatic carbocycles. The van der Waals surface area contributed by atoms with Crippen LogP contribution in [0.15, 0.2) is 24.3 Å². The molecule has 18 heavy (non-hydrogen) atoms. The molecule has 0 aromatic heterocycles. The summed E-state index contributed by atoms with van der Waals surface area (Å²) in [6.45, 7) is 1.60. The Balaban J connectivity index is 1.68. The summed E-state index contributed by atoms with van der Waals surface area (Å²) in [4.78, 5) is 0. The van der Waals surface area contributed by atoms with Crippen LogP contribution in [0.3, 0.4) is 0 Å². The summed E-state index contributed by atoms with van der Waals surface area (Å²) in [5, 5.41) is 9.19. The molecule has 0 amide bonds. The Labute approximate surface area is 108 Å². The highest BCUT2D eigenvalue weighted by Gasteiger charge is 2.40. The summed E-state index contributed by atoms with van der Waals surface area (Å²) < 4.78 is 11.5. The molecule has 1 aliphatic heterocycles. The Hall–Kier alpha value is -0.900. The smallest absolute Gasteiger partial charge is 0.168 e. The first kappa shape index (κ1) is 12.2. The third-order valence-electron chi connectivity index (χ3n) is 4.17. The van der Waals surface area contributed by atoms with Crippen molar-refractivity contribution in [3.05, 3.63) is 35.4 Å². The molecule has 98 valence electrons. The second-order valence-corrected chi connectivity index (χ2v) is 5.29. The third kappa shape index (κ3) is 2.30. The Bertz CT molecular complexity index is 400. The van der Waals surface area contributed by atoms with Crippen LogP contribution >= 0.6 is 0 Å². The molecule has 1 saturated carbocycles. The molecule has 3 heteroatoms. The Morgan fingerprint density at radius 3 is 2.56 bits per heavy atom. The van der Waals surface area contributed by atoms with Gasteiger partial charge in [-0.3, -0.25) is 0 Å². The lowest BCUT2D eigenvalue weighted by molar-refractivity contribution is -0.178. The average Bonchev–Trinajstić information content (AvgIpc) is 2.88. The molecule has 3 rings (SSSR count). The quantitative estimate of drug-likeness (QED) is 0.874. The van der Waals surface area contributed by atoms with E-state index >= 15 is 0 Å². The molecule has 1 N–H and O–H groups in total. The Morgan fingerprint density at radius 1 is 1.17 bits per heavy atom. The minimum Gasteiger partial charge on any atom is -0.392 e. The lowest BCUT2D eigenvalue weighted by Gasteiger charge is -2.35. The zero-order valence-electron chi connectivity index (χ0n) is 10.6. The van der Waals surface area contributed by atoms with Gasteiger partial charge in [-0.25, -0.2) is 0 Å². The van der Waals surface area contributed by atoms with E-state index < -0.39 is 0 Å². The Morgan fingerprint density at radius 2 is 1.89 bits per heavy atom. The summed E-state index contributed by atoms with van der Waals surface area (Å²) in [6, 6.07) is 8.29. The summed E-state index contributed by atoms with van der Waals surface area (Å²) in [5.41, 5.74) is 2.34. The molecule has 1 aromatic rings. The maximum Gasteiger partial charge on any atom is 0.168 e. The second kappa shape index (κ2) is 5.00. The minimum atomic E-state index is -0.273. The number of rotatable bonds is 2. The lowest BCUT2D eigenvalue weighted by Crippen LogP contribution is -2.34. The Kier molecular flexibility index (Phi) is 3.37. The fraction of sp³-hybridized carbons (Fsp3) is 0.600. The first-order chi connectivity index (χ1) is 8.81. The van der Waals surface area contributed by atoms with Crippen molar-refractivity contribution in [3.63, 3.8) is 0 Å². The monoisotopic (exact) mass is 248 g/mol. The van der Waals surface area contributed by atoms with Crippen molar-refractivity contribution in [2.75, 3.05) is 13.2 Å². The lowest BCUT2D eigenvalue weighted by atomic mass is 9.80. The number of benzene rings is 1. The third-order valence-corrected chi connectivity index (χ3v) is 4.17. The van der Waals surface area contributed by atoms with Crippen molar-refractivity contribution < 1.29 is 14.6 Å². The summed E-state index contributed by atoms with van der Waals surface area (Å²) >= 11 is 0. The van der Waals surface area contributed by atoms with Crippen LogP contribution in [0.5, 0.6) is 0 Å². The number of hydrogen-bond donors (Lipinski definition) is 1. The first-order valence-electron chi connectivity index (χ1n) is 6.79. The fourth-order valence-electron chi connectivity index (χ4n) is 3.12. The standard InChI is InChI=1S/C15H20O3/c16-11-12-2-1-3-14(10-12)13-4-6-15(7-5-13)17-8-9-18-15/h1-3,10,13,16H,4-9,11H2. The normalized spacial score (nSPS) is 23.6. The van der Waals surface area contributed by atoms with Gasteiger partial charge in [0.2, 0.25) is 0 Å². The van der Waals surface area contributed by atoms with E-state index in [9.17, 15) is 5.11 Å². The molecule has 0 bridgehead atoms. The van der Waals surface area contributed by atoms with Crippen molar-refractivity contribution in [1.82, 2.24) is 0 Å². The van der Waals surface area contributed by atoms with E-state index in [0.29, 0.717) is 5.92 Å². The number of aliphatic hydroxyl groups excluding tert-OH is 1. The minimum absolute atomic E-state index is 0.122. The van der Waals surface area contributed by atoms with Gasteiger partial charge in [-0.05, 0) is 29.9 Å². The van der Waals surface area contributed by atoms with Crippen LogP contribution in [-0.4, -0.2) is 24.1 Å². The van der Waals surface area contributed by atoms with Crippen molar-refractivity contribution >= 4 is 0 Å². The molecule has 1 aromatic carbocycles.